The Balaban J connectivity index is 0.000000275. The van der Waals surface area contributed by atoms with Crippen LogP contribution in [0.15, 0.2) is 43.0 Å². The van der Waals surface area contributed by atoms with E-state index in [1.54, 1.807) is 32.9 Å². The molecule has 1 saturated heterocycles. The molecule has 4 heterocycles. The molecule has 3 aromatic heterocycles. The van der Waals surface area contributed by atoms with Crippen LogP contribution in [-0.4, -0.2) is 67.0 Å². The quantitative estimate of drug-likeness (QED) is 0.446. The number of nitrogens with zero attached hydrogens (tertiary/aromatic N) is 7. The molecule has 0 unspecified atom stereocenters. The van der Waals surface area contributed by atoms with E-state index in [4.69, 9.17) is 0 Å². The number of aromatic nitrogens is 6. The number of fused-ring (bicyclic) bond motifs is 1. The molecule has 4 aromatic rings. The Morgan fingerprint density at radius 2 is 1.97 bits per heavy atom. The maximum atomic E-state index is 13.6. The van der Waals surface area contributed by atoms with Gasteiger partial charge in [-0.3, -0.25) is 9.48 Å². The molecule has 1 aliphatic rings. The van der Waals surface area contributed by atoms with Crippen LogP contribution in [0.1, 0.15) is 11.1 Å². The maximum Gasteiger partial charge on any atom is 0.229 e. The number of benzene rings is 1. The minimum Gasteiger partial charge on any atom is -0.343 e. The van der Waals surface area contributed by atoms with Gasteiger partial charge < -0.3 is 15.5 Å². The molecule has 5 rings (SSSR count). The van der Waals surface area contributed by atoms with E-state index in [0.29, 0.717) is 18.1 Å². The third-order valence-corrected chi connectivity index (χ3v) is 5.07. The van der Waals surface area contributed by atoms with Crippen LogP contribution < -0.4 is 10.6 Å². The molecular formula is C22H26FN9O. The maximum absolute atomic E-state index is 13.6. The first-order valence-corrected chi connectivity index (χ1v) is 10.6. The molecular weight excluding hydrogens is 425 g/mol. The number of nitrogens with one attached hydrogen (secondary N) is 2. The molecule has 11 heteroatoms. The predicted molar refractivity (Wildman–Crippen MR) is 123 cm³/mol. The molecule has 0 saturated carbocycles. The summed E-state index contributed by atoms with van der Waals surface area (Å²) in [5.41, 5.74) is 3.19. The van der Waals surface area contributed by atoms with Gasteiger partial charge in [0.15, 0.2) is 5.65 Å². The molecule has 0 bridgehead atoms. The van der Waals surface area contributed by atoms with Crippen molar-refractivity contribution in [3.05, 3.63) is 59.9 Å². The summed E-state index contributed by atoms with van der Waals surface area (Å²) in [5, 5.41) is 15.5. The highest BCUT2D eigenvalue weighted by Gasteiger charge is 2.09. The van der Waals surface area contributed by atoms with Crippen molar-refractivity contribution < 1.29 is 9.18 Å². The van der Waals surface area contributed by atoms with Crippen molar-refractivity contribution in [1.82, 2.24) is 39.7 Å². The predicted octanol–water partition coefficient (Wildman–Crippen LogP) is 1.85. The van der Waals surface area contributed by atoms with Gasteiger partial charge in [-0.2, -0.15) is 15.2 Å². The van der Waals surface area contributed by atoms with Crippen LogP contribution in [0.25, 0.3) is 11.0 Å². The third-order valence-electron chi connectivity index (χ3n) is 5.07. The van der Waals surface area contributed by atoms with Crippen LogP contribution in [0.4, 0.5) is 16.0 Å². The highest BCUT2D eigenvalue weighted by atomic mass is 19.1. The lowest BCUT2D eigenvalue weighted by Crippen LogP contribution is -2.42. The first-order valence-electron chi connectivity index (χ1n) is 10.6. The topological polar surface area (TPSA) is 106 Å². The molecule has 2 N–H and O–H groups in total. The molecule has 0 atom stereocenters. The van der Waals surface area contributed by atoms with Crippen molar-refractivity contribution in [1.29, 1.82) is 0 Å². The Labute approximate surface area is 190 Å². The minimum absolute atomic E-state index is 0.250. The number of hydrogen-bond acceptors (Lipinski definition) is 7. The molecule has 1 aromatic carbocycles. The van der Waals surface area contributed by atoms with Crippen LogP contribution in [0.3, 0.4) is 0 Å². The van der Waals surface area contributed by atoms with Crippen molar-refractivity contribution in [2.75, 3.05) is 31.5 Å². The summed E-state index contributed by atoms with van der Waals surface area (Å²) in [6.07, 6.45) is 7.85. The molecule has 1 aliphatic heterocycles. The van der Waals surface area contributed by atoms with Gasteiger partial charge in [0.05, 0.1) is 30.0 Å². The van der Waals surface area contributed by atoms with Crippen molar-refractivity contribution in [2.45, 2.75) is 13.5 Å². The fourth-order valence-electron chi connectivity index (χ4n) is 3.52. The van der Waals surface area contributed by atoms with E-state index in [-0.39, 0.29) is 5.82 Å². The molecule has 10 nitrogen and oxygen atoms in total. The number of hydrogen-bond donors (Lipinski definition) is 2. The van der Waals surface area contributed by atoms with E-state index >= 15 is 0 Å². The largest absolute Gasteiger partial charge is 0.343 e. The van der Waals surface area contributed by atoms with Gasteiger partial charge >= 0.3 is 0 Å². The summed E-state index contributed by atoms with van der Waals surface area (Å²) in [7, 11) is 1.84. The van der Waals surface area contributed by atoms with E-state index in [1.807, 2.05) is 26.2 Å². The number of carbonyl (C=O) groups is 1. The van der Waals surface area contributed by atoms with Crippen LogP contribution in [0, 0.1) is 12.7 Å². The van der Waals surface area contributed by atoms with Gasteiger partial charge in [0.2, 0.25) is 12.4 Å². The number of carbonyl (C=O) groups excluding carboxylic acids is 1. The lowest BCUT2D eigenvalue weighted by molar-refractivity contribution is -0.118. The second kappa shape index (κ2) is 10.2. The van der Waals surface area contributed by atoms with E-state index in [2.05, 4.69) is 30.8 Å². The minimum atomic E-state index is -0.250. The van der Waals surface area contributed by atoms with Gasteiger partial charge in [-0.25, -0.2) is 14.1 Å². The third kappa shape index (κ3) is 5.89. The van der Waals surface area contributed by atoms with E-state index in [1.165, 1.54) is 12.1 Å². The Morgan fingerprint density at radius 3 is 2.64 bits per heavy atom. The molecule has 33 heavy (non-hydrogen) atoms. The summed E-state index contributed by atoms with van der Waals surface area (Å²) < 4.78 is 17.0. The zero-order valence-electron chi connectivity index (χ0n) is 18.6. The second-order valence-electron chi connectivity index (χ2n) is 7.83. The number of halogens is 1. The number of aryl methyl sites for hydroxylation is 2. The first kappa shape index (κ1) is 22.3. The second-order valence-corrected chi connectivity index (χ2v) is 7.83. The first-order chi connectivity index (χ1) is 16.0. The van der Waals surface area contributed by atoms with Crippen molar-refractivity contribution in [3.63, 3.8) is 0 Å². The summed E-state index contributed by atoms with van der Waals surface area (Å²) in [6.45, 7) is 5.92. The van der Waals surface area contributed by atoms with Crippen LogP contribution in [0.5, 0.6) is 0 Å². The Bertz CT molecular complexity index is 1210. The van der Waals surface area contributed by atoms with Gasteiger partial charge in [-0.15, -0.1) is 0 Å². The standard InChI is InChI=1S/C17H16FN7.C5H10N2O/c1-11-3-12(5-14(18)4-11)9-25-16-13(7-21-25)6-19-17(23-16)22-15-8-20-24(2)10-15;8-5-7-3-1-6-2-4-7/h3-8,10H,9H2,1-2H3,(H,19,22,23);5-6H,1-4H2. The number of piperazine rings is 1. The Hall–Kier alpha value is -3.86. The van der Waals surface area contributed by atoms with Crippen LogP contribution in [0.2, 0.25) is 0 Å². The zero-order valence-corrected chi connectivity index (χ0v) is 18.6. The number of rotatable bonds is 5. The van der Waals surface area contributed by atoms with Crippen LogP contribution >= 0.6 is 0 Å². The monoisotopic (exact) mass is 451 g/mol. The highest BCUT2D eigenvalue weighted by Crippen LogP contribution is 2.17. The SMILES string of the molecule is Cc1cc(F)cc(Cn2ncc3cnc(Nc4cnn(C)c4)nc32)c1.O=CN1CCNCC1. The molecule has 0 radical (unpaired) electrons. The summed E-state index contributed by atoms with van der Waals surface area (Å²) in [4.78, 5) is 20.6. The number of amides is 1. The average Bonchev–Trinajstić information content (AvgIpc) is 3.40. The zero-order chi connectivity index (χ0) is 23.2. The van der Waals surface area contributed by atoms with E-state index in [0.717, 1.165) is 54.8 Å². The van der Waals surface area contributed by atoms with Gasteiger partial charge in [0, 0.05) is 45.6 Å². The summed E-state index contributed by atoms with van der Waals surface area (Å²) >= 11 is 0. The average molecular weight is 452 g/mol. The summed E-state index contributed by atoms with van der Waals surface area (Å²) in [5.74, 6) is 0.206. The summed E-state index contributed by atoms with van der Waals surface area (Å²) in [6, 6.07) is 4.95. The lowest BCUT2D eigenvalue weighted by atomic mass is 10.1. The van der Waals surface area contributed by atoms with Gasteiger partial charge in [-0.05, 0) is 30.2 Å². The number of anilines is 2. The van der Waals surface area contributed by atoms with E-state index in [9.17, 15) is 9.18 Å². The lowest BCUT2D eigenvalue weighted by Gasteiger charge is -2.22. The van der Waals surface area contributed by atoms with Gasteiger partial charge in [0.25, 0.3) is 0 Å². The Kier molecular flexibility index (Phi) is 6.89. The fourth-order valence-corrected chi connectivity index (χ4v) is 3.52. The smallest absolute Gasteiger partial charge is 0.229 e. The molecule has 1 fully saturated rings. The molecule has 0 aliphatic carbocycles. The fraction of sp³-hybridized carbons (Fsp3) is 0.318. The van der Waals surface area contributed by atoms with Crippen molar-refractivity contribution in [2.24, 2.45) is 7.05 Å². The highest BCUT2D eigenvalue weighted by molar-refractivity contribution is 5.75. The Morgan fingerprint density at radius 1 is 1.15 bits per heavy atom. The van der Waals surface area contributed by atoms with Gasteiger partial charge in [-0.1, -0.05) is 6.07 Å². The van der Waals surface area contributed by atoms with E-state index < -0.39 is 0 Å². The van der Waals surface area contributed by atoms with Crippen molar-refractivity contribution in [3.8, 4) is 0 Å². The normalized spacial score (nSPS) is 13.5. The van der Waals surface area contributed by atoms with Gasteiger partial charge in [0.1, 0.15) is 5.82 Å². The molecule has 172 valence electrons. The molecule has 1 amide bonds. The van der Waals surface area contributed by atoms with Crippen molar-refractivity contribution >= 4 is 29.1 Å². The molecule has 0 spiro atoms. The van der Waals surface area contributed by atoms with Crippen LogP contribution in [-0.2, 0) is 18.4 Å².